The standard InChI is InChI=1S/C13H25N/c1-3-4-10(2)12-9-11-5-7-13(12,14)8-6-11/h10-12H,3-9,14H2,1-2H3. The molecule has 2 atom stereocenters. The molecule has 3 aliphatic rings. The van der Waals surface area contributed by atoms with E-state index >= 15 is 0 Å². The summed E-state index contributed by atoms with van der Waals surface area (Å²) in [4.78, 5) is 0. The van der Waals surface area contributed by atoms with Gasteiger partial charge in [0.25, 0.3) is 0 Å². The summed E-state index contributed by atoms with van der Waals surface area (Å²) in [6, 6.07) is 0. The molecule has 3 aliphatic carbocycles. The van der Waals surface area contributed by atoms with Crippen LogP contribution in [0.4, 0.5) is 0 Å². The average molecular weight is 195 g/mol. The third-order valence-electron chi connectivity index (χ3n) is 4.79. The lowest BCUT2D eigenvalue weighted by Gasteiger charge is -2.52. The summed E-state index contributed by atoms with van der Waals surface area (Å²) in [6.07, 6.45) is 9.54. The minimum atomic E-state index is 0.226. The van der Waals surface area contributed by atoms with Gasteiger partial charge in [-0.1, -0.05) is 26.7 Å². The van der Waals surface area contributed by atoms with E-state index in [4.69, 9.17) is 5.73 Å². The molecular formula is C13H25N. The van der Waals surface area contributed by atoms with Crippen molar-refractivity contribution in [2.24, 2.45) is 23.5 Å². The molecule has 0 aromatic rings. The highest BCUT2D eigenvalue weighted by Gasteiger charge is 2.46. The molecular weight excluding hydrogens is 170 g/mol. The van der Waals surface area contributed by atoms with Crippen LogP contribution in [0.25, 0.3) is 0 Å². The SMILES string of the molecule is CCCC(C)C1CC2CCC1(N)CC2. The Labute approximate surface area is 88.4 Å². The first-order valence-corrected chi connectivity index (χ1v) is 6.44. The van der Waals surface area contributed by atoms with Gasteiger partial charge in [-0.15, -0.1) is 0 Å². The Morgan fingerprint density at radius 1 is 1.36 bits per heavy atom. The largest absolute Gasteiger partial charge is 0.325 e. The summed E-state index contributed by atoms with van der Waals surface area (Å²) in [5.41, 5.74) is 6.80. The summed E-state index contributed by atoms with van der Waals surface area (Å²) in [5.74, 6) is 2.70. The number of fused-ring (bicyclic) bond motifs is 3. The van der Waals surface area contributed by atoms with Gasteiger partial charge >= 0.3 is 0 Å². The van der Waals surface area contributed by atoms with Gasteiger partial charge in [0, 0.05) is 5.54 Å². The van der Waals surface area contributed by atoms with Gasteiger partial charge in [0.15, 0.2) is 0 Å². The zero-order valence-electron chi connectivity index (χ0n) is 9.76. The van der Waals surface area contributed by atoms with Gasteiger partial charge in [-0.25, -0.2) is 0 Å². The predicted octanol–water partition coefficient (Wildman–Crippen LogP) is 3.33. The van der Waals surface area contributed by atoms with E-state index in [0.717, 1.165) is 17.8 Å². The molecule has 0 heterocycles. The fourth-order valence-corrected chi connectivity index (χ4v) is 3.87. The smallest absolute Gasteiger partial charge is 0.0185 e. The van der Waals surface area contributed by atoms with Crippen molar-refractivity contribution in [3.8, 4) is 0 Å². The molecule has 3 saturated carbocycles. The highest BCUT2D eigenvalue weighted by molar-refractivity contribution is 5.02. The second-order valence-electron chi connectivity index (χ2n) is 5.78. The summed E-state index contributed by atoms with van der Waals surface area (Å²) in [6.45, 7) is 4.71. The Hall–Kier alpha value is -0.0400. The van der Waals surface area contributed by atoms with E-state index in [1.54, 1.807) is 0 Å². The molecule has 3 rings (SSSR count). The van der Waals surface area contributed by atoms with Gasteiger partial charge in [-0.3, -0.25) is 0 Å². The highest BCUT2D eigenvalue weighted by atomic mass is 14.8. The van der Waals surface area contributed by atoms with Crippen molar-refractivity contribution in [3.05, 3.63) is 0 Å². The van der Waals surface area contributed by atoms with Crippen LogP contribution in [-0.4, -0.2) is 5.54 Å². The lowest BCUT2D eigenvalue weighted by Crippen LogP contribution is -2.56. The van der Waals surface area contributed by atoms with E-state index in [0.29, 0.717) is 0 Å². The lowest BCUT2D eigenvalue weighted by atomic mass is 9.57. The number of hydrogen-bond donors (Lipinski definition) is 1. The molecule has 0 aliphatic heterocycles. The molecule has 0 spiro atoms. The Morgan fingerprint density at radius 3 is 2.50 bits per heavy atom. The molecule has 0 saturated heterocycles. The Bertz CT molecular complexity index is 191. The van der Waals surface area contributed by atoms with Crippen LogP contribution < -0.4 is 5.73 Å². The van der Waals surface area contributed by atoms with Crippen LogP contribution in [0.5, 0.6) is 0 Å². The molecule has 0 radical (unpaired) electrons. The molecule has 14 heavy (non-hydrogen) atoms. The summed E-state index contributed by atoms with van der Waals surface area (Å²) >= 11 is 0. The number of hydrogen-bond acceptors (Lipinski definition) is 1. The lowest BCUT2D eigenvalue weighted by molar-refractivity contribution is 0.0321. The molecule has 2 bridgehead atoms. The van der Waals surface area contributed by atoms with Crippen molar-refractivity contribution in [2.75, 3.05) is 0 Å². The molecule has 2 unspecified atom stereocenters. The second kappa shape index (κ2) is 3.84. The fraction of sp³-hybridized carbons (Fsp3) is 1.00. The molecule has 0 aromatic heterocycles. The van der Waals surface area contributed by atoms with Gasteiger partial charge in [0.05, 0.1) is 0 Å². The third-order valence-corrected chi connectivity index (χ3v) is 4.79. The van der Waals surface area contributed by atoms with Crippen molar-refractivity contribution in [1.82, 2.24) is 0 Å². The maximum absolute atomic E-state index is 6.57. The zero-order chi connectivity index (χ0) is 10.2. The van der Waals surface area contributed by atoms with Crippen LogP contribution in [0.2, 0.25) is 0 Å². The maximum Gasteiger partial charge on any atom is 0.0185 e. The molecule has 3 fully saturated rings. The Balaban J connectivity index is 2.04. The summed E-state index contributed by atoms with van der Waals surface area (Å²) in [5, 5.41) is 0. The molecule has 82 valence electrons. The van der Waals surface area contributed by atoms with Crippen LogP contribution in [0.15, 0.2) is 0 Å². The molecule has 0 aromatic carbocycles. The number of rotatable bonds is 3. The van der Waals surface area contributed by atoms with E-state index < -0.39 is 0 Å². The number of nitrogens with two attached hydrogens (primary N) is 1. The first-order chi connectivity index (χ1) is 6.65. The third kappa shape index (κ3) is 1.71. The summed E-state index contributed by atoms with van der Waals surface area (Å²) in [7, 11) is 0. The zero-order valence-corrected chi connectivity index (χ0v) is 9.76. The molecule has 0 amide bonds. The van der Waals surface area contributed by atoms with Crippen LogP contribution in [0, 0.1) is 17.8 Å². The van der Waals surface area contributed by atoms with Crippen molar-refractivity contribution < 1.29 is 0 Å². The first-order valence-electron chi connectivity index (χ1n) is 6.44. The topological polar surface area (TPSA) is 26.0 Å². The van der Waals surface area contributed by atoms with Crippen molar-refractivity contribution >= 4 is 0 Å². The van der Waals surface area contributed by atoms with Gasteiger partial charge in [0.1, 0.15) is 0 Å². The molecule has 2 N–H and O–H groups in total. The van der Waals surface area contributed by atoms with E-state index in [9.17, 15) is 0 Å². The Morgan fingerprint density at radius 2 is 2.00 bits per heavy atom. The fourth-order valence-electron chi connectivity index (χ4n) is 3.87. The van der Waals surface area contributed by atoms with Gasteiger partial charge in [0.2, 0.25) is 0 Å². The van der Waals surface area contributed by atoms with Crippen LogP contribution in [0.1, 0.15) is 58.8 Å². The quantitative estimate of drug-likeness (QED) is 0.734. The van der Waals surface area contributed by atoms with Crippen molar-refractivity contribution in [2.45, 2.75) is 64.3 Å². The van der Waals surface area contributed by atoms with Gasteiger partial charge < -0.3 is 5.73 Å². The second-order valence-corrected chi connectivity index (χ2v) is 5.78. The van der Waals surface area contributed by atoms with E-state index in [-0.39, 0.29) is 5.54 Å². The predicted molar refractivity (Wildman–Crippen MR) is 61.1 cm³/mol. The maximum atomic E-state index is 6.57. The average Bonchev–Trinajstić information content (AvgIpc) is 2.18. The summed E-state index contributed by atoms with van der Waals surface area (Å²) < 4.78 is 0. The Kier molecular flexibility index (Phi) is 2.88. The van der Waals surface area contributed by atoms with Crippen molar-refractivity contribution in [1.29, 1.82) is 0 Å². The molecule has 1 heteroatoms. The molecule has 1 nitrogen and oxygen atoms in total. The van der Waals surface area contributed by atoms with E-state index in [2.05, 4.69) is 13.8 Å². The minimum Gasteiger partial charge on any atom is -0.325 e. The van der Waals surface area contributed by atoms with Gasteiger partial charge in [-0.2, -0.15) is 0 Å². The minimum absolute atomic E-state index is 0.226. The van der Waals surface area contributed by atoms with E-state index in [1.165, 1.54) is 44.9 Å². The van der Waals surface area contributed by atoms with Crippen molar-refractivity contribution in [3.63, 3.8) is 0 Å². The van der Waals surface area contributed by atoms with Gasteiger partial charge in [-0.05, 0) is 49.9 Å². The van der Waals surface area contributed by atoms with E-state index in [1.807, 2.05) is 0 Å². The normalized spacial score (nSPS) is 43.9. The van der Waals surface area contributed by atoms with Crippen LogP contribution in [0.3, 0.4) is 0 Å². The highest BCUT2D eigenvalue weighted by Crippen LogP contribution is 2.49. The van der Waals surface area contributed by atoms with Crippen LogP contribution in [-0.2, 0) is 0 Å². The monoisotopic (exact) mass is 195 g/mol. The van der Waals surface area contributed by atoms with Crippen LogP contribution >= 0.6 is 0 Å². The first kappa shape index (κ1) is 10.5.